The number of fused-ring (bicyclic) bond motifs is 2. The number of nitrogens with zero attached hydrogens (tertiary/aromatic N) is 1. The van der Waals surface area contributed by atoms with E-state index in [1.165, 1.54) is 11.3 Å². The molecule has 140 valence electrons. The van der Waals surface area contributed by atoms with Crippen molar-refractivity contribution in [2.75, 3.05) is 13.2 Å². The van der Waals surface area contributed by atoms with E-state index in [2.05, 4.69) is 9.97 Å². The van der Waals surface area contributed by atoms with Gasteiger partial charge in [0, 0.05) is 4.88 Å². The second-order valence-electron chi connectivity index (χ2n) is 6.32. The number of esters is 1. The minimum absolute atomic E-state index is 0.223. The number of carbonyl (C=O) groups is 1. The van der Waals surface area contributed by atoms with Crippen molar-refractivity contribution in [2.45, 2.75) is 26.9 Å². The number of H-pyrrole nitrogens is 1. The third kappa shape index (κ3) is 3.16. The molecule has 0 saturated carbocycles. The number of hydrogen-bond donors (Lipinski definition) is 1. The van der Waals surface area contributed by atoms with Crippen LogP contribution in [-0.2, 0) is 4.74 Å². The topological polar surface area (TPSA) is 90.5 Å². The van der Waals surface area contributed by atoms with Crippen molar-refractivity contribution in [3.05, 3.63) is 50.4 Å². The minimum Gasteiger partial charge on any atom is -0.486 e. The Balaban J connectivity index is 1.58. The van der Waals surface area contributed by atoms with Crippen LogP contribution in [0.2, 0.25) is 0 Å². The first-order valence-electron chi connectivity index (χ1n) is 8.54. The Kier molecular flexibility index (Phi) is 4.35. The maximum Gasteiger partial charge on any atom is 0.338 e. The molecule has 1 aliphatic rings. The lowest BCUT2D eigenvalue weighted by Gasteiger charge is -2.19. The number of thiophene rings is 1. The lowest BCUT2D eigenvalue weighted by molar-refractivity contribution is 0.0319. The van der Waals surface area contributed by atoms with Gasteiger partial charge in [-0.2, -0.15) is 0 Å². The second kappa shape index (κ2) is 6.70. The molecule has 1 aliphatic heterocycles. The molecule has 27 heavy (non-hydrogen) atoms. The third-order valence-electron chi connectivity index (χ3n) is 4.50. The van der Waals surface area contributed by atoms with Crippen molar-refractivity contribution in [1.29, 1.82) is 0 Å². The van der Waals surface area contributed by atoms with Crippen LogP contribution >= 0.6 is 11.3 Å². The van der Waals surface area contributed by atoms with Crippen LogP contribution in [0.4, 0.5) is 0 Å². The molecular formula is C19H18N2O5S. The van der Waals surface area contributed by atoms with Gasteiger partial charge in [-0.1, -0.05) is 0 Å². The zero-order chi connectivity index (χ0) is 19.1. The molecule has 0 fully saturated rings. The van der Waals surface area contributed by atoms with Gasteiger partial charge in [0.2, 0.25) is 0 Å². The molecule has 7 nitrogen and oxygen atoms in total. The Morgan fingerprint density at radius 2 is 2.00 bits per heavy atom. The Hall–Kier alpha value is -2.87. The summed E-state index contributed by atoms with van der Waals surface area (Å²) >= 11 is 1.45. The zero-order valence-electron chi connectivity index (χ0n) is 15.1. The smallest absolute Gasteiger partial charge is 0.338 e. The predicted octanol–water partition coefficient (Wildman–Crippen LogP) is 3.29. The highest BCUT2D eigenvalue weighted by molar-refractivity contribution is 7.18. The van der Waals surface area contributed by atoms with Crippen molar-refractivity contribution < 1.29 is 19.0 Å². The normalized spacial score (nSPS) is 14.2. The maximum absolute atomic E-state index is 12.5. The molecule has 2 aromatic heterocycles. The first-order chi connectivity index (χ1) is 12.9. The van der Waals surface area contributed by atoms with E-state index in [0.717, 1.165) is 10.4 Å². The summed E-state index contributed by atoms with van der Waals surface area (Å²) in [5, 5.41) is 0.589. The number of aryl methyl sites for hydroxylation is 2. The van der Waals surface area contributed by atoms with E-state index in [9.17, 15) is 9.59 Å². The highest BCUT2D eigenvalue weighted by Crippen LogP contribution is 2.31. The molecule has 1 aromatic carbocycles. The van der Waals surface area contributed by atoms with E-state index in [1.807, 2.05) is 13.8 Å². The van der Waals surface area contributed by atoms with Crippen LogP contribution < -0.4 is 15.0 Å². The lowest BCUT2D eigenvalue weighted by atomic mass is 10.2. The number of nitrogens with one attached hydrogen (secondary N) is 1. The number of ether oxygens (including phenoxy) is 3. The highest BCUT2D eigenvalue weighted by atomic mass is 32.1. The molecule has 3 aromatic rings. The van der Waals surface area contributed by atoms with E-state index in [4.69, 9.17) is 14.2 Å². The number of benzene rings is 1. The summed E-state index contributed by atoms with van der Waals surface area (Å²) in [6.07, 6.45) is -0.703. The van der Waals surface area contributed by atoms with Gasteiger partial charge in [-0.15, -0.1) is 11.3 Å². The largest absolute Gasteiger partial charge is 0.486 e. The van der Waals surface area contributed by atoms with Crippen LogP contribution in [0.25, 0.3) is 10.2 Å². The molecule has 0 spiro atoms. The van der Waals surface area contributed by atoms with Crippen molar-refractivity contribution >= 4 is 27.5 Å². The minimum atomic E-state index is -0.703. The fraction of sp³-hybridized carbons (Fsp3) is 0.316. The molecule has 3 heterocycles. The average molecular weight is 386 g/mol. The summed E-state index contributed by atoms with van der Waals surface area (Å²) in [6.45, 7) is 6.44. The lowest BCUT2D eigenvalue weighted by Crippen LogP contribution is -2.18. The SMILES string of the molecule is Cc1sc2nc([C@@H](C)OC(=O)c3ccc4c(c3)OCCO4)[nH]c(=O)c2c1C. The maximum atomic E-state index is 12.5. The van der Waals surface area contributed by atoms with Crippen LogP contribution in [0, 0.1) is 13.8 Å². The van der Waals surface area contributed by atoms with Crippen LogP contribution in [-0.4, -0.2) is 29.2 Å². The van der Waals surface area contributed by atoms with E-state index in [1.54, 1.807) is 25.1 Å². The van der Waals surface area contributed by atoms with Gasteiger partial charge in [0.25, 0.3) is 5.56 Å². The molecular weight excluding hydrogens is 368 g/mol. The fourth-order valence-electron chi connectivity index (χ4n) is 2.92. The van der Waals surface area contributed by atoms with Crippen molar-refractivity contribution in [1.82, 2.24) is 9.97 Å². The van der Waals surface area contributed by atoms with Crippen molar-refractivity contribution in [2.24, 2.45) is 0 Å². The molecule has 0 amide bonds. The predicted molar refractivity (Wildman–Crippen MR) is 101 cm³/mol. The molecule has 0 saturated heterocycles. The van der Waals surface area contributed by atoms with E-state index < -0.39 is 12.1 Å². The van der Waals surface area contributed by atoms with Crippen LogP contribution in [0.5, 0.6) is 11.5 Å². The number of aromatic amines is 1. The molecule has 0 unspecified atom stereocenters. The van der Waals surface area contributed by atoms with Gasteiger partial charge in [-0.3, -0.25) is 4.79 Å². The van der Waals surface area contributed by atoms with Gasteiger partial charge in [-0.25, -0.2) is 9.78 Å². The number of rotatable bonds is 3. The van der Waals surface area contributed by atoms with Crippen molar-refractivity contribution in [3.63, 3.8) is 0 Å². The van der Waals surface area contributed by atoms with E-state index >= 15 is 0 Å². The molecule has 0 radical (unpaired) electrons. The molecule has 1 N–H and O–H groups in total. The van der Waals surface area contributed by atoms with Crippen molar-refractivity contribution in [3.8, 4) is 11.5 Å². The Morgan fingerprint density at radius 1 is 1.26 bits per heavy atom. The standard InChI is InChI=1S/C19H18N2O5S/c1-9-11(3)27-18-15(9)17(22)20-16(21-18)10(2)26-19(23)12-4-5-13-14(8-12)25-7-6-24-13/h4-5,8,10H,6-7H2,1-3H3,(H,20,21,22)/t10-/m1/s1. The summed E-state index contributed by atoms with van der Waals surface area (Å²) in [6, 6.07) is 4.89. The van der Waals surface area contributed by atoms with Gasteiger partial charge in [0.1, 0.15) is 18.0 Å². The molecule has 1 atom stereocenters. The summed E-state index contributed by atoms with van der Waals surface area (Å²) in [7, 11) is 0. The molecule has 0 bridgehead atoms. The number of hydrogen-bond acceptors (Lipinski definition) is 7. The second-order valence-corrected chi connectivity index (χ2v) is 7.52. The molecule has 0 aliphatic carbocycles. The molecule has 4 rings (SSSR count). The monoisotopic (exact) mass is 386 g/mol. The Bertz CT molecular complexity index is 1100. The van der Waals surface area contributed by atoms with Gasteiger partial charge >= 0.3 is 5.97 Å². The van der Waals surface area contributed by atoms with Crippen LogP contribution in [0.1, 0.15) is 39.7 Å². The first-order valence-corrected chi connectivity index (χ1v) is 9.36. The fourth-order valence-corrected chi connectivity index (χ4v) is 3.96. The van der Waals surface area contributed by atoms with E-state index in [-0.39, 0.29) is 5.56 Å². The van der Waals surface area contributed by atoms with Gasteiger partial charge in [0.05, 0.1) is 10.9 Å². The summed E-state index contributed by atoms with van der Waals surface area (Å²) in [5.41, 5.74) is 1.05. The summed E-state index contributed by atoms with van der Waals surface area (Å²) < 4.78 is 16.4. The number of carbonyl (C=O) groups excluding carboxylic acids is 1. The molecule has 8 heteroatoms. The average Bonchev–Trinajstić information content (AvgIpc) is 2.95. The van der Waals surface area contributed by atoms with Gasteiger partial charge < -0.3 is 19.2 Å². The Morgan fingerprint density at radius 3 is 2.78 bits per heavy atom. The number of aromatic nitrogens is 2. The van der Waals surface area contributed by atoms with Gasteiger partial charge in [-0.05, 0) is 44.5 Å². The quantitative estimate of drug-likeness (QED) is 0.695. The summed E-state index contributed by atoms with van der Waals surface area (Å²) in [4.78, 5) is 33.8. The summed E-state index contributed by atoms with van der Waals surface area (Å²) in [5.74, 6) is 0.909. The highest BCUT2D eigenvalue weighted by Gasteiger charge is 2.21. The van der Waals surface area contributed by atoms with Gasteiger partial charge in [0.15, 0.2) is 23.4 Å². The van der Waals surface area contributed by atoms with E-state index in [0.29, 0.717) is 46.3 Å². The Labute approximate surface area is 158 Å². The zero-order valence-corrected chi connectivity index (χ0v) is 15.9. The van der Waals surface area contributed by atoms with Crippen LogP contribution in [0.15, 0.2) is 23.0 Å². The van der Waals surface area contributed by atoms with Crippen LogP contribution in [0.3, 0.4) is 0 Å². The third-order valence-corrected chi connectivity index (χ3v) is 5.61. The first kappa shape index (κ1) is 17.5.